The van der Waals surface area contributed by atoms with Gasteiger partial charge in [0.1, 0.15) is 0 Å². The SMILES string of the molecule is CCOC(OC)[C@@]1(O)[C@@](O)(C(=O)OC)C(c2ccccc2)[C@@]1(O)C(=O)O. The van der Waals surface area contributed by atoms with Crippen molar-refractivity contribution in [3.05, 3.63) is 35.9 Å². The second-order valence-electron chi connectivity index (χ2n) is 5.96. The molecule has 2 rings (SSSR count). The first-order valence-electron chi connectivity index (χ1n) is 7.86. The van der Waals surface area contributed by atoms with Crippen molar-refractivity contribution in [2.75, 3.05) is 20.8 Å². The molecule has 5 atom stereocenters. The molecule has 1 aromatic carbocycles. The fourth-order valence-electron chi connectivity index (χ4n) is 3.67. The zero-order chi connectivity index (χ0) is 19.8. The highest BCUT2D eigenvalue weighted by atomic mass is 16.7. The minimum absolute atomic E-state index is 0.0518. The lowest BCUT2D eigenvalue weighted by Crippen LogP contribution is -2.92. The molecule has 9 heteroatoms. The molecule has 1 aromatic rings. The molecule has 1 saturated carbocycles. The van der Waals surface area contributed by atoms with Crippen LogP contribution in [0.15, 0.2) is 30.3 Å². The monoisotopic (exact) mass is 370 g/mol. The van der Waals surface area contributed by atoms with Crippen LogP contribution >= 0.6 is 0 Å². The number of aliphatic carboxylic acids is 1. The Balaban J connectivity index is 2.76. The lowest BCUT2D eigenvalue weighted by Gasteiger charge is -2.65. The van der Waals surface area contributed by atoms with Gasteiger partial charge in [0, 0.05) is 13.7 Å². The Labute approximate surface area is 149 Å². The minimum Gasteiger partial charge on any atom is -0.479 e. The second kappa shape index (κ2) is 6.93. The molecule has 4 N–H and O–H groups in total. The second-order valence-corrected chi connectivity index (χ2v) is 5.96. The highest BCUT2D eigenvalue weighted by Gasteiger charge is 2.90. The highest BCUT2D eigenvalue weighted by molar-refractivity contribution is 5.95. The van der Waals surface area contributed by atoms with E-state index in [2.05, 4.69) is 4.74 Å². The summed E-state index contributed by atoms with van der Waals surface area (Å²) in [6.45, 7) is 1.48. The molecule has 0 radical (unpaired) electrons. The molecule has 0 spiro atoms. The molecule has 26 heavy (non-hydrogen) atoms. The maximum absolute atomic E-state index is 12.4. The molecule has 0 heterocycles. The van der Waals surface area contributed by atoms with Crippen LogP contribution in [-0.4, -0.2) is 76.3 Å². The normalized spacial score (nSPS) is 34.6. The van der Waals surface area contributed by atoms with E-state index in [1.165, 1.54) is 31.2 Å². The van der Waals surface area contributed by atoms with Crippen LogP contribution in [-0.2, 0) is 23.8 Å². The third-order valence-electron chi connectivity index (χ3n) is 4.83. The standard InChI is InChI=1S/C17H22O9/c1-4-26-14(25-3)17(23)15(21,12(18)19)11(10-8-6-5-7-9-10)16(17,22)13(20)24-2/h5-9,11,14,21-23H,4H2,1-3H3,(H,18,19)/t11?,14?,15-,16+,17+/m1/s1. The average Bonchev–Trinajstić information content (AvgIpc) is 2.64. The summed E-state index contributed by atoms with van der Waals surface area (Å²) < 4.78 is 14.7. The first-order valence-corrected chi connectivity index (χ1v) is 7.86. The van der Waals surface area contributed by atoms with Gasteiger partial charge in [-0.15, -0.1) is 0 Å². The molecule has 9 nitrogen and oxygen atoms in total. The molecule has 1 aliphatic carbocycles. The Hall–Kier alpha value is -2.04. The molecule has 0 amide bonds. The van der Waals surface area contributed by atoms with E-state index < -0.39 is 40.9 Å². The number of hydrogen-bond donors (Lipinski definition) is 4. The maximum atomic E-state index is 12.4. The van der Waals surface area contributed by atoms with Gasteiger partial charge in [0.05, 0.1) is 13.0 Å². The largest absolute Gasteiger partial charge is 0.479 e. The van der Waals surface area contributed by atoms with Crippen LogP contribution in [0.25, 0.3) is 0 Å². The first kappa shape index (κ1) is 20.3. The van der Waals surface area contributed by atoms with Gasteiger partial charge >= 0.3 is 11.9 Å². The molecule has 0 aromatic heterocycles. The van der Waals surface area contributed by atoms with Crippen molar-refractivity contribution in [2.24, 2.45) is 0 Å². The number of ether oxygens (including phenoxy) is 3. The topological polar surface area (TPSA) is 143 Å². The van der Waals surface area contributed by atoms with Crippen molar-refractivity contribution in [3.8, 4) is 0 Å². The predicted molar refractivity (Wildman–Crippen MR) is 86.1 cm³/mol. The Morgan fingerprint density at radius 1 is 1.12 bits per heavy atom. The Kier molecular flexibility index (Phi) is 5.41. The predicted octanol–water partition coefficient (Wildman–Crippen LogP) is -0.756. The number of methoxy groups -OCH3 is 2. The number of benzene rings is 1. The number of aliphatic hydroxyl groups is 3. The van der Waals surface area contributed by atoms with Gasteiger partial charge < -0.3 is 34.6 Å². The molecule has 2 unspecified atom stereocenters. The molecule has 1 aliphatic rings. The fourth-order valence-corrected chi connectivity index (χ4v) is 3.67. The van der Waals surface area contributed by atoms with Gasteiger partial charge in [-0.3, -0.25) is 0 Å². The minimum atomic E-state index is -3.04. The van der Waals surface area contributed by atoms with Gasteiger partial charge in [-0.25, -0.2) is 9.59 Å². The van der Waals surface area contributed by atoms with Gasteiger partial charge in [-0.05, 0) is 12.5 Å². The van der Waals surface area contributed by atoms with Crippen molar-refractivity contribution in [3.63, 3.8) is 0 Å². The van der Waals surface area contributed by atoms with Crippen LogP contribution in [0.1, 0.15) is 18.4 Å². The summed E-state index contributed by atoms with van der Waals surface area (Å²) in [7, 11) is 2.04. The zero-order valence-corrected chi connectivity index (χ0v) is 14.6. The van der Waals surface area contributed by atoms with Crippen LogP contribution in [0.2, 0.25) is 0 Å². The van der Waals surface area contributed by atoms with Gasteiger partial charge in [-0.1, -0.05) is 30.3 Å². The van der Waals surface area contributed by atoms with E-state index in [0.717, 1.165) is 14.2 Å². The summed E-state index contributed by atoms with van der Waals surface area (Å²) in [6.07, 6.45) is -1.82. The zero-order valence-electron chi connectivity index (χ0n) is 14.6. The summed E-state index contributed by atoms with van der Waals surface area (Å²) in [5, 5.41) is 42.9. The van der Waals surface area contributed by atoms with Crippen molar-refractivity contribution in [1.29, 1.82) is 0 Å². The van der Waals surface area contributed by atoms with Crippen molar-refractivity contribution >= 4 is 11.9 Å². The van der Waals surface area contributed by atoms with Crippen LogP contribution < -0.4 is 0 Å². The molecule has 144 valence electrons. The molecular weight excluding hydrogens is 348 g/mol. The third-order valence-corrected chi connectivity index (χ3v) is 4.83. The van der Waals surface area contributed by atoms with Gasteiger partial charge in [-0.2, -0.15) is 0 Å². The summed E-state index contributed by atoms with van der Waals surface area (Å²) in [4.78, 5) is 24.3. The summed E-state index contributed by atoms with van der Waals surface area (Å²) in [5.74, 6) is -4.92. The Morgan fingerprint density at radius 3 is 2.12 bits per heavy atom. The van der Waals surface area contributed by atoms with E-state index in [1.54, 1.807) is 6.07 Å². The van der Waals surface area contributed by atoms with Crippen LogP contribution in [0.3, 0.4) is 0 Å². The summed E-state index contributed by atoms with van der Waals surface area (Å²) in [5.41, 5.74) is -8.76. The fraction of sp³-hybridized carbons (Fsp3) is 0.529. The summed E-state index contributed by atoms with van der Waals surface area (Å²) >= 11 is 0. The average molecular weight is 370 g/mol. The van der Waals surface area contributed by atoms with E-state index in [1.807, 2.05) is 0 Å². The summed E-state index contributed by atoms with van der Waals surface area (Å²) in [6, 6.07) is 7.51. The number of carbonyl (C=O) groups excluding carboxylic acids is 1. The van der Waals surface area contributed by atoms with Gasteiger partial charge in [0.2, 0.25) is 11.2 Å². The molecule has 0 bridgehead atoms. The number of rotatable bonds is 7. The third kappa shape index (κ3) is 2.29. The van der Waals surface area contributed by atoms with Crippen LogP contribution in [0, 0.1) is 0 Å². The van der Waals surface area contributed by atoms with E-state index in [-0.39, 0.29) is 12.2 Å². The Morgan fingerprint density at radius 2 is 1.69 bits per heavy atom. The maximum Gasteiger partial charge on any atom is 0.342 e. The van der Waals surface area contributed by atoms with Crippen molar-refractivity contribution in [1.82, 2.24) is 0 Å². The molecule has 0 saturated heterocycles. The molecule has 0 aliphatic heterocycles. The molecular formula is C17H22O9. The quantitative estimate of drug-likeness (QED) is 0.360. The first-order chi connectivity index (χ1) is 12.2. The van der Waals surface area contributed by atoms with Crippen LogP contribution in [0.5, 0.6) is 0 Å². The van der Waals surface area contributed by atoms with Crippen molar-refractivity contribution < 1.29 is 44.2 Å². The number of esters is 1. The lowest BCUT2D eigenvalue weighted by atomic mass is 9.45. The number of carbonyl (C=O) groups is 2. The van der Waals surface area contributed by atoms with E-state index in [9.17, 15) is 30.0 Å². The molecule has 1 fully saturated rings. The van der Waals surface area contributed by atoms with E-state index >= 15 is 0 Å². The van der Waals surface area contributed by atoms with Gasteiger partial charge in [0.15, 0.2) is 11.9 Å². The number of carboxylic acids is 1. The lowest BCUT2D eigenvalue weighted by molar-refractivity contribution is -0.395. The van der Waals surface area contributed by atoms with Crippen molar-refractivity contribution in [2.45, 2.75) is 35.9 Å². The number of hydrogen-bond acceptors (Lipinski definition) is 8. The Bertz CT molecular complexity index is 678. The van der Waals surface area contributed by atoms with Crippen LogP contribution in [0.4, 0.5) is 0 Å². The van der Waals surface area contributed by atoms with Gasteiger partial charge in [0.25, 0.3) is 0 Å². The smallest absolute Gasteiger partial charge is 0.342 e. The highest BCUT2D eigenvalue weighted by Crippen LogP contribution is 2.62. The van der Waals surface area contributed by atoms with E-state index in [0.29, 0.717) is 0 Å². The number of carboxylic acid groups (broad SMARTS) is 1. The van der Waals surface area contributed by atoms with E-state index in [4.69, 9.17) is 9.47 Å².